The Hall–Kier alpha value is -7.48. The monoisotopic (exact) mass is 1040 g/mol. The van der Waals surface area contributed by atoms with Crippen molar-refractivity contribution in [3.05, 3.63) is 117 Å². The van der Waals surface area contributed by atoms with Crippen LogP contribution in [0.25, 0.3) is 0 Å². The molecule has 11 N–H and O–H groups in total. The summed E-state index contributed by atoms with van der Waals surface area (Å²) in [5.74, 6) is -2.75. The first kappa shape index (κ1) is 60.1. The molecule has 4 aromatic carbocycles. The third-order valence-electron chi connectivity index (χ3n) is 12.6. The molecule has 0 aromatic heterocycles. The van der Waals surface area contributed by atoms with E-state index in [0.717, 1.165) is 0 Å². The van der Waals surface area contributed by atoms with Gasteiger partial charge in [0.1, 0.15) is 28.8 Å². The first-order valence-corrected chi connectivity index (χ1v) is 25.1. The number of hydrogen-bond acceptors (Lipinski definition) is 15. The summed E-state index contributed by atoms with van der Waals surface area (Å²) in [6.45, 7) is 2.57. The molecule has 0 radical (unpaired) electrons. The molecule has 0 fully saturated rings. The fourth-order valence-corrected chi connectivity index (χ4v) is 8.57. The highest BCUT2D eigenvalue weighted by Gasteiger charge is 2.28. The number of nitrogens with two attached hydrogens (primary N) is 4. The number of amides is 4. The van der Waals surface area contributed by atoms with E-state index in [4.69, 9.17) is 41.9 Å². The summed E-state index contributed by atoms with van der Waals surface area (Å²) in [5.41, 5.74) is 25.3. The van der Waals surface area contributed by atoms with E-state index < -0.39 is 41.8 Å². The zero-order chi connectivity index (χ0) is 55.0. The summed E-state index contributed by atoms with van der Waals surface area (Å²) < 4.78 is 21.8. The number of hydrogen-bond donors (Lipinski definition) is 7. The number of methoxy groups -OCH3 is 4. The van der Waals surface area contributed by atoms with Crippen LogP contribution in [-0.2, 0) is 44.9 Å². The highest BCUT2D eigenvalue weighted by Crippen LogP contribution is 2.26. The van der Waals surface area contributed by atoms with E-state index in [0.29, 0.717) is 80.4 Å². The molecule has 404 valence electrons. The smallest absolute Gasteiger partial charge is 0.255 e. The van der Waals surface area contributed by atoms with Crippen LogP contribution in [0.15, 0.2) is 72.8 Å². The van der Waals surface area contributed by atoms with Crippen LogP contribution in [-0.4, -0.2) is 113 Å². The molecule has 19 heteroatoms. The number of Topliss-reactive ketones (excluding diaryl/α,β-unsaturated/α-hetero) is 4. The number of ketones is 4. The van der Waals surface area contributed by atoms with Crippen LogP contribution in [0.1, 0.15) is 128 Å². The van der Waals surface area contributed by atoms with Crippen LogP contribution in [0.3, 0.4) is 0 Å². The molecule has 75 heavy (non-hydrogen) atoms. The number of rotatable bonds is 34. The van der Waals surface area contributed by atoms with Crippen LogP contribution in [0.4, 0.5) is 0 Å². The average molecular weight is 1040 g/mol. The summed E-state index contributed by atoms with van der Waals surface area (Å²) in [6.07, 6.45) is 3.78. The number of benzene rings is 4. The molecule has 4 aromatic rings. The van der Waals surface area contributed by atoms with Crippen molar-refractivity contribution in [3.63, 3.8) is 0 Å². The Morgan fingerprint density at radius 3 is 0.933 bits per heavy atom. The van der Waals surface area contributed by atoms with Gasteiger partial charge >= 0.3 is 0 Å². The van der Waals surface area contributed by atoms with Gasteiger partial charge in [0.15, 0.2) is 17.3 Å². The molecule has 0 aliphatic carbocycles. The number of ether oxygens (including phenoxy) is 4. The molecule has 0 bridgehead atoms. The first-order chi connectivity index (χ1) is 36.0. The highest BCUT2D eigenvalue weighted by atomic mass is 16.5. The number of unbranched alkanes of at least 4 members (excludes halogenated alkanes) is 3. The number of carbonyl (C=O) groups excluding carboxylic acids is 8. The predicted octanol–water partition coefficient (Wildman–Crippen LogP) is 4.07. The summed E-state index contributed by atoms with van der Waals surface area (Å²) in [5, 5.41) is 8.58. The molecule has 3 atom stereocenters. The molecule has 0 aliphatic rings. The Labute approximate surface area is 438 Å². The van der Waals surface area contributed by atoms with Gasteiger partial charge in [-0.25, -0.2) is 0 Å². The van der Waals surface area contributed by atoms with Crippen molar-refractivity contribution in [1.82, 2.24) is 16.0 Å². The largest absolute Gasteiger partial charge is 0.496 e. The Morgan fingerprint density at radius 2 is 0.680 bits per heavy atom. The van der Waals surface area contributed by atoms with E-state index >= 15 is 0 Å². The molecule has 0 aliphatic heterocycles. The molecule has 0 saturated heterocycles. The van der Waals surface area contributed by atoms with Crippen molar-refractivity contribution in [1.29, 1.82) is 0 Å². The van der Waals surface area contributed by atoms with Crippen LogP contribution < -0.4 is 57.8 Å². The van der Waals surface area contributed by atoms with Crippen molar-refractivity contribution in [2.24, 2.45) is 22.9 Å². The van der Waals surface area contributed by atoms with Gasteiger partial charge in [-0.1, -0.05) is 24.3 Å². The van der Waals surface area contributed by atoms with Gasteiger partial charge in [0.05, 0.1) is 68.8 Å². The lowest BCUT2D eigenvalue weighted by molar-refractivity contribution is -0.121. The molecule has 19 nitrogen and oxygen atoms in total. The maximum Gasteiger partial charge on any atom is 0.255 e. The molecule has 0 heterocycles. The summed E-state index contributed by atoms with van der Waals surface area (Å²) in [6, 6.07) is 16.0. The zero-order valence-electron chi connectivity index (χ0n) is 43.7. The summed E-state index contributed by atoms with van der Waals surface area (Å²) in [4.78, 5) is 108. The van der Waals surface area contributed by atoms with Gasteiger partial charge in [0.2, 0.25) is 0 Å². The standard InChI is InChI=1S/C56H73N7O12/c1-34(64)26-35-15-20-50(73-3)40(28-35)54(69)61-44(13-7-10-24-58)47(66)32-37-17-22-52(75-5)42(30-37)56(71)63-45(14-8-11-25-59)48(67)33-38-18-21-51(74-4)41(29-38)55(70)62-43(12-6-9-23-57)46(65)31-36-16-19-49(72-2)39(27-36)53(60)68/h15-22,27-30,43-45H,6-14,23-26,31-33,57-59H2,1-5H3,(H2,60,68)(H,61,69)(H,62,70)(H,63,71)/t43-,44-,45-/m0/s1. The fourth-order valence-electron chi connectivity index (χ4n) is 8.57. The summed E-state index contributed by atoms with van der Waals surface area (Å²) >= 11 is 0. The van der Waals surface area contributed by atoms with Crippen molar-refractivity contribution in [2.45, 2.75) is 109 Å². The van der Waals surface area contributed by atoms with E-state index in [1.54, 1.807) is 54.6 Å². The quantitative estimate of drug-likeness (QED) is 0.0325. The molecular formula is C56H73N7O12. The Bertz CT molecular complexity index is 2650. The number of nitrogens with one attached hydrogen (secondary N) is 3. The predicted molar refractivity (Wildman–Crippen MR) is 283 cm³/mol. The van der Waals surface area contributed by atoms with Gasteiger partial charge in [-0.3, -0.25) is 38.4 Å². The second-order valence-electron chi connectivity index (χ2n) is 18.2. The van der Waals surface area contributed by atoms with Gasteiger partial charge in [0.25, 0.3) is 23.6 Å². The zero-order valence-corrected chi connectivity index (χ0v) is 43.7. The molecule has 4 amide bonds. The fraction of sp³-hybridized carbons (Fsp3) is 0.429. The normalized spacial score (nSPS) is 12.1. The van der Waals surface area contributed by atoms with E-state index in [2.05, 4.69) is 16.0 Å². The van der Waals surface area contributed by atoms with E-state index in [9.17, 15) is 38.4 Å². The van der Waals surface area contributed by atoms with Crippen molar-refractivity contribution < 1.29 is 57.3 Å². The number of carbonyl (C=O) groups is 8. The molecule has 0 saturated carbocycles. The second kappa shape index (κ2) is 30.7. The second-order valence-corrected chi connectivity index (χ2v) is 18.2. The van der Waals surface area contributed by atoms with Crippen LogP contribution in [0, 0.1) is 0 Å². The molecule has 0 unspecified atom stereocenters. The minimum Gasteiger partial charge on any atom is -0.496 e. The van der Waals surface area contributed by atoms with Crippen LogP contribution in [0.2, 0.25) is 0 Å². The molecule has 4 rings (SSSR count). The SMILES string of the molecule is COc1ccc(CC(=O)[C@H](CCCCN)NC(=O)c2cc(CC(=O)[C@H](CCCCN)NC(=O)c3cc(CC(=O)[C@H](CCCCN)NC(=O)c4cc(CC(C)=O)ccc4OC)ccc3OC)ccc2OC)cc1C(N)=O. The van der Waals surface area contributed by atoms with Crippen molar-refractivity contribution in [2.75, 3.05) is 48.1 Å². The van der Waals surface area contributed by atoms with Gasteiger partial charge < -0.3 is 57.8 Å². The van der Waals surface area contributed by atoms with Crippen molar-refractivity contribution in [3.8, 4) is 23.0 Å². The van der Waals surface area contributed by atoms with Gasteiger partial charge in [0, 0.05) is 25.7 Å². The lowest BCUT2D eigenvalue weighted by atomic mass is 9.95. The van der Waals surface area contributed by atoms with Gasteiger partial charge in [-0.05, 0) is 155 Å². The third-order valence-corrected chi connectivity index (χ3v) is 12.6. The van der Waals surface area contributed by atoms with Crippen LogP contribution in [0.5, 0.6) is 23.0 Å². The van der Waals surface area contributed by atoms with Gasteiger partial charge in [-0.15, -0.1) is 0 Å². The Morgan fingerprint density at radius 1 is 0.413 bits per heavy atom. The summed E-state index contributed by atoms with van der Waals surface area (Å²) in [7, 11) is 5.60. The maximum absolute atomic E-state index is 14.2. The van der Waals surface area contributed by atoms with E-state index in [1.807, 2.05) is 0 Å². The van der Waals surface area contributed by atoms with Crippen molar-refractivity contribution >= 4 is 46.8 Å². The molecule has 0 spiro atoms. The molecular weight excluding hydrogens is 963 g/mol. The first-order valence-electron chi connectivity index (χ1n) is 25.1. The lowest BCUT2D eigenvalue weighted by Gasteiger charge is -2.21. The van der Waals surface area contributed by atoms with E-state index in [1.165, 1.54) is 53.6 Å². The third kappa shape index (κ3) is 18.1. The minimum atomic E-state index is -1.01. The maximum atomic E-state index is 14.2. The Kier molecular flexibility index (Phi) is 24.6. The minimum absolute atomic E-state index is 0.0643. The number of primary amides is 1. The van der Waals surface area contributed by atoms with Crippen LogP contribution >= 0.6 is 0 Å². The Balaban J connectivity index is 1.56. The van der Waals surface area contributed by atoms with Gasteiger partial charge in [-0.2, -0.15) is 0 Å². The average Bonchev–Trinajstić information content (AvgIpc) is 3.39. The highest BCUT2D eigenvalue weighted by molar-refractivity contribution is 6.03. The topological polar surface area (TPSA) is 314 Å². The lowest BCUT2D eigenvalue weighted by Crippen LogP contribution is -2.42. The van der Waals surface area contributed by atoms with E-state index in [-0.39, 0.29) is 113 Å².